The summed E-state index contributed by atoms with van der Waals surface area (Å²) in [6.45, 7) is 3.66. The van der Waals surface area contributed by atoms with Gasteiger partial charge in [-0.25, -0.2) is 8.78 Å². The van der Waals surface area contributed by atoms with Crippen LogP contribution in [0.25, 0.3) is 0 Å². The van der Waals surface area contributed by atoms with Crippen LogP contribution < -0.4 is 0 Å². The van der Waals surface area contributed by atoms with Gasteiger partial charge in [-0.2, -0.15) is 0 Å². The van der Waals surface area contributed by atoms with E-state index in [0.717, 1.165) is 6.07 Å². The summed E-state index contributed by atoms with van der Waals surface area (Å²) in [6, 6.07) is 3.25. The van der Waals surface area contributed by atoms with Gasteiger partial charge in [-0.15, -0.1) is 0 Å². The first-order valence-corrected chi connectivity index (χ1v) is 5.59. The molecule has 0 aliphatic rings. The molecule has 1 aromatic carbocycles. The molecule has 17 heavy (non-hydrogen) atoms. The van der Waals surface area contributed by atoms with Crippen LogP contribution >= 0.6 is 0 Å². The average molecular weight is 244 g/mol. The first-order valence-electron chi connectivity index (χ1n) is 5.59. The number of halogens is 2. The Balaban J connectivity index is 2.83. The van der Waals surface area contributed by atoms with Gasteiger partial charge in [-0.1, -0.05) is 6.92 Å². The number of benzene rings is 1. The Morgan fingerprint density at radius 3 is 2.24 bits per heavy atom. The Morgan fingerprint density at radius 2 is 1.82 bits per heavy atom. The second-order valence-electron chi connectivity index (χ2n) is 4.37. The van der Waals surface area contributed by atoms with E-state index in [1.54, 1.807) is 6.92 Å². The molecule has 0 aliphatic carbocycles. The summed E-state index contributed by atoms with van der Waals surface area (Å²) in [7, 11) is 1.51. The number of aliphatic hydroxyl groups is 1. The number of rotatable bonds is 5. The number of hydrogen-bond donors (Lipinski definition) is 1. The van der Waals surface area contributed by atoms with Crippen molar-refractivity contribution in [2.45, 2.75) is 38.4 Å². The van der Waals surface area contributed by atoms with Gasteiger partial charge in [0.2, 0.25) is 0 Å². The maximum absolute atomic E-state index is 13.0. The lowest BCUT2D eigenvalue weighted by atomic mass is 9.91. The van der Waals surface area contributed by atoms with Crippen molar-refractivity contribution in [2.75, 3.05) is 7.11 Å². The van der Waals surface area contributed by atoms with Crippen molar-refractivity contribution >= 4 is 0 Å². The summed E-state index contributed by atoms with van der Waals surface area (Å²) in [5.41, 5.74) is -0.283. The van der Waals surface area contributed by atoms with Gasteiger partial charge in [0, 0.05) is 19.6 Å². The Labute approximate surface area is 100 Å². The van der Waals surface area contributed by atoms with E-state index < -0.39 is 23.3 Å². The highest BCUT2D eigenvalue weighted by Crippen LogP contribution is 2.22. The molecule has 0 fully saturated rings. The molecule has 0 saturated carbocycles. The zero-order chi connectivity index (χ0) is 13.1. The van der Waals surface area contributed by atoms with E-state index >= 15 is 0 Å². The van der Waals surface area contributed by atoms with E-state index in [1.807, 2.05) is 6.92 Å². The summed E-state index contributed by atoms with van der Waals surface area (Å²) in [6.07, 6.45) is -0.0336. The fourth-order valence-electron chi connectivity index (χ4n) is 1.68. The Bertz CT molecular complexity index is 355. The zero-order valence-corrected chi connectivity index (χ0v) is 10.3. The van der Waals surface area contributed by atoms with Crippen LogP contribution in [0.3, 0.4) is 0 Å². The van der Waals surface area contributed by atoms with Gasteiger partial charge < -0.3 is 9.84 Å². The van der Waals surface area contributed by atoms with E-state index in [1.165, 1.54) is 19.2 Å². The van der Waals surface area contributed by atoms with Crippen LogP contribution in [0.5, 0.6) is 0 Å². The zero-order valence-electron chi connectivity index (χ0n) is 10.3. The number of aliphatic hydroxyl groups excluding tert-OH is 1. The Kier molecular flexibility index (Phi) is 4.60. The van der Waals surface area contributed by atoms with Crippen LogP contribution in [0.4, 0.5) is 8.78 Å². The van der Waals surface area contributed by atoms with Gasteiger partial charge in [0.15, 0.2) is 0 Å². The summed E-state index contributed by atoms with van der Waals surface area (Å²) in [4.78, 5) is 0. The molecule has 96 valence electrons. The summed E-state index contributed by atoms with van der Waals surface area (Å²) < 4.78 is 31.2. The van der Waals surface area contributed by atoms with Gasteiger partial charge in [-0.3, -0.25) is 0 Å². The predicted molar refractivity (Wildman–Crippen MR) is 61.8 cm³/mol. The van der Waals surface area contributed by atoms with E-state index in [4.69, 9.17) is 4.74 Å². The number of ether oxygens (including phenoxy) is 1. The maximum atomic E-state index is 13.0. The molecule has 0 aromatic heterocycles. The minimum absolute atomic E-state index is 0.160. The minimum atomic E-state index is -0.807. The highest BCUT2D eigenvalue weighted by atomic mass is 19.1. The van der Waals surface area contributed by atoms with Gasteiger partial charge in [0.05, 0.1) is 11.7 Å². The Morgan fingerprint density at radius 1 is 1.29 bits per heavy atom. The van der Waals surface area contributed by atoms with Gasteiger partial charge in [0.25, 0.3) is 0 Å². The topological polar surface area (TPSA) is 29.5 Å². The van der Waals surface area contributed by atoms with Crippen molar-refractivity contribution in [3.05, 3.63) is 35.4 Å². The minimum Gasteiger partial charge on any atom is -0.390 e. The molecule has 0 spiro atoms. The highest BCUT2D eigenvalue weighted by Gasteiger charge is 2.31. The third-order valence-electron chi connectivity index (χ3n) is 3.22. The van der Waals surface area contributed by atoms with Crippen LogP contribution in [0.15, 0.2) is 18.2 Å². The van der Waals surface area contributed by atoms with Crippen molar-refractivity contribution in [2.24, 2.45) is 0 Å². The summed E-state index contributed by atoms with van der Waals surface area (Å²) in [5.74, 6) is -1.27. The fraction of sp³-hybridized carbons (Fsp3) is 0.538. The molecule has 1 rings (SSSR count). The van der Waals surface area contributed by atoms with Crippen LogP contribution in [0, 0.1) is 11.6 Å². The lowest BCUT2D eigenvalue weighted by Crippen LogP contribution is -2.42. The molecule has 1 N–H and O–H groups in total. The molecule has 4 heteroatoms. The largest absolute Gasteiger partial charge is 0.390 e. The maximum Gasteiger partial charge on any atom is 0.126 e. The molecule has 0 bridgehead atoms. The molecule has 0 heterocycles. The lowest BCUT2D eigenvalue weighted by molar-refractivity contribution is -0.0914. The summed E-state index contributed by atoms with van der Waals surface area (Å²) in [5, 5.41) is 10.0. The quantitative estimate of drug-likeness (QED) is 0.863. The van der Waals surface area contributed by atoms with Crippen molar-refractivity contribution in [3.63, 3.8) is 0 Å². The third kappa shape index (κ3) is 3.48. The normalized spacial score (nSPS) is 16.6. The fourth-order valence-corrected chi connectivity index (χ4v) is 1.68. The first-order chi connectivity index (χ1) is 7.91. The first kappa shape index (κ1) is 14.1. The molecular formula is C13H18F2O2. The molecule has 1 aromatic rings. The van der Waals surface area contributed by atoms with Crippen molar-refractivity contribution in [1.29, 1.82) is 0 Å². The van der Waals surface area contributed by atoms with Crippen LogP contribution in [-0.4, -0.2) is 23.9 Å². The Hall–Kier alpha value is -1.00. The van der Waals surface area contributed by atoms with Crippen molar-refractivity contribution in [3.8, 4) is 0 Å². The molecule has 0 saturated heterocycles. The third-order valence-corrected chi connectivity index (χ3v) is 3.22. The summed E-state index contributed by atoms with van der Waals surface area (Å²) >= 11 is 0. The van der Waals surface area contributed by atoms with E-state index in [-0.39, 0.29) is 6.42 Å². The van der Waals surface area contributed by atoms with E-state index in [0.29, 0.717) is 12.0 Å². The predicted octanol–water partition coefficient (Wildman–Crippen LogP) is 2.68. The number of hydrogen-bond acceptors (Lipinski definition) is 2. The van der Waals surface area contributed by atoms with E-state index in [2.05, 4.69) is 0 Å². The molecule has 2 nitrogen and oxygen atoms in total. The van der Waals surface area contributed by atoms with Gasteiger partial charge >= 0.3 is 0 Å². The highest BCUT2D eigenvalue weighted by molar-refractivity contribution is 5.19. The van der Waals surface area contributed by atoms with Gasteiger partial charge in [0.1, 0.15) is 11.6 Å². The smallest absolute Gasteiger partial charge is 0.126 e. The molecular weight excluding hydrogens is 226 g/mol. The molecule has 2 unspecified atom stereocenters. The molecule has 2 atom stereocenters. The molecule has 0 aliphatic heterocycles. The van der Waals surface area contributed by atoms with Crippen LogP contribution in [-0.2, 0) is 11.2 Å². The van der Waals surface area contributed by atoms with Crippen LogP contribution in [0.1, 0.15) is 25.8 Å². The average Bonchev–Trinajstić information content (AvgIpc) is 2.26. The van der Waals surface area contributed by atoms with Crippen molar-refractivity contribution < 1.29 is 18.6 Å². The molecule has 0 radical (unpaired) electrons. The van der Waals surface area contributed by atoms with Crippen molar-refractivity contribution in [1.82, 2.24) is 0 Å². The second-order valence-corrected chi connectivity index (χ2v) is 4.37. The lowest BCUT2D eigenvalue weighted by Gasteiger charge is -2.32. The SMILES string of the molecule is CCC(C)(OC)C(O)Cc1cc(F)cc(F)c1. The number of methoxy groups -OCH3 is 1. The second kappa shape index (κ2) is 5.56. The standard InChI is InChI=1S/C13H18F2O2/c1-4-13(2,17-3)12(16)7-9-5-10(14)8-11(15)6-9/h5-6,8,12,16H,4,7H2,1-3H3. The monoisotopic (exact) mass is 244 g/mol. The van der Waals surface area contributed by atoms with Crippen LogP contribution in [0.2, 0.25) is 0 Å². The van der Waals surface area contributed by atoms with E-state index in [9.17, 15) is 13.9 Å². The molecule has 0 amide bonds. The van der Waals surface area contributed by atoms with Gasteiger partial charge in [-0.05, 0) is 31.0 Å².